The average Bonchev–Trinajstić information content (AvgIpc) is 2.54. The Balaban J connectivity index is 1.83. The molecule has 0 amide bonds. The molecule has 1 aliphatic rings. The van der Waals surface area contributed by atoms with E-state index in [1.807, 2.05) is 18.2 Å². The molecule has 1 aliphatic heterocycles. The second-order valence-corrected chi connectivity index (χ2v) is 5.18. The number of hydrogen-bond donors (Lipinski definition) is 0. The van der Waals surface area contributed by atoms with Gasteiger partial charge in [0.15, 0.2) is 0 Å². The molecule has 1 heterocycles. The quantitative estimate of drug-likeness (QED) is 0.772. The summed E-state index contributed by atoms with van der Waals surface area (Å²) in [5.74, 6) is 0.911. The SMILES string of the molecule is COCC[C@@H]1CN(C/C=C/c2ccccc2OC)CCO1. The fourth-order valence-electron chi connectivity index (χ4n) is 2.50. The van der Waals surface area contributed by atoms with E-state index in [9.17, 15) is 0 Å². The molecule has 0 bridgehead atoms. The van der Waals surface area contributed by atoms with Crippen LogP contribution in [-0.4, -0.2) is 58.1 Å². The van der Waals surface area contributed by atoms with Gasteiger partial charge in [0.25, 0.3) is 0 Å². The molecule has 1 atom stereocenters. The molecular formula is C17H25NO3. The fraction of sp³-hybridized carbons (Fsp3) is 0.529. The number of benzene rings is 1. The van der Waals surface area contributed by atoms with E-state index in [0.717, 1.165) is 50.6 Å². The van der Waals surface area contributed by atoms with E-state index in [2.05, 4.69) is 23.1 Å². The zero-order valence-electron chi connectivity index (χ0n) is 13.0. The van der Waals surface area contributed by atoms with Gasteiger partial charge in [0.1, 0.15) is 5.75 Å². The molecule has 0 radical (unpaired) electrons. The van der Waals surface area contributed by atoms with Crippen molar-refractivity contribution in [1.82, 2.24) is 4.90 Å². The summed E-state index contributed by atoms with van der Waals surface area (Å²) in [6, 6.07) is 8.06. The zero-order valence-corrected chi connectivity index (χ0v) is 13.0. The maximum Gasteiger partial charge on any atom is 0.126 e. The summed E-state index contributed by atoms with van der Waals surface area (Å²) in [6.07, 6.45) is 5.57. The minimum absolute atomic E-state index is 0.290. The third-order valence-electron chi connectivity index (χ3n) is 3.67. The lowest BCUT2D eigenvalue weighted by Gasteiger charge is -2.32. The van der Waals surface area contributed by atoms with Crippen molar-refractivity contribution in [2.45, 2.75) is 12.5 Å². The van der Waals surface area contributed by atoms with Crippen LogP contribution >= 0.6 is 0 Å². The molecule has 0 aliphatic carbocycles. The van der Waals surface area contributed by atoms with Crippen LogP contribution in [-0.2, 0) is 9.47 Å². The van der Waals surface area contributed by atoms with Crippen molar-refractivity contribution >= 4 is 6.08 Å². The van der Waals surface area contributed by atoms with E-state index < -0.39 is 0 Å². The molecule has 0 spiro atoms. The van der Waals surface area contributed by atoms with E-state index in [1.54, 1.807) is 14.2 Å². The van der Waals surface area contributed by atoms with E-state index in [-0.39, 0.29) is 0 Å². The zero-order chi connectivity index (χ0) is 14.9. The molecule has 1 aromatic carbocycles. The second-order valence-electron chi connectivity index (χ2n) is 5.18. The van der Waals surface area contributed by atoms with Crippen LogP contribution < -0.4 is 4.74 Å². The van der Waals surface area contributed by atoms with Gasteiger partial charge in [0.05, 0.1) is 19.8 Å². The summed E-state index contributed by atoms with van der Waals surface area (Å²) in [5, 5.41) is 0. The standard InChI is InChI=1S/C17H25NO3/c1-19-12-9-16-14-18(11-13-21-16)10-5-7-15-6-3-4-8-17(15)20-2/h3-8,16H,9-14H2,1-2H3/b7-5+/t16-/m1/s1. The molecule has 0 unspecified atom stereocenters. The van der Waals surface area contributed by atoms with E-state index in [4.69, 9.17) is 14.2 Å². The topological polar surface area (TPSA) is 30.9 Å². The first-order valence-corrected chi connectivity index (χ1v) is 7.46. The first-order chi connectivity index (χ1) is 10.3. The molecule has 1 saturated heterocycles. The molecule has 21 heavy (non-hydrogen) atoms. The number of ether oxygens (including phenoxy) is 3. The first-order valence-electron chi connectivity index (χ1n) is 7.46. The summed E-state index contributed by atoms with van der Waals surface area (Å²) in [5.41, 5.74) is 1.11. The van der Waals surface area contributed by atoms with E-state index in [0.29, 0.717) is 6.10 Å². The van der Waals surface area contributed by atoms with Crippen LogP contribution in [0.1, 0.15) is 12.0 Å². The van der Waals surface area contributed by atoms with Crippen LogP contribution in [0.5, 0.6) is 5.75 Å². The molecule has 0 aromatic heterocycles. The van der Waals surface area contributed by atoms with Gasteiger partial charge in [-0.15, -0.1) is 0 Å². The van der Waals surface area contributed by atoms with Gasteiger partial charge in [-0.3, -0.25) is 4.90 Å². The van der Waals surface area contributed by atoms with Gasteiger partial charge in [-0.1, -0.05) is 30.4 Å². The molecule has 0 saturated carbocycles. The molecular weight excluding hydrogens is 266 g/mol. The van der Waals surface area contributed by atoms with E-state index in [1.165, 1.54) is 0 Å². The number of morpholine rings is 1. The van der Waals surface area contributed by atoms with Gasteiger partial charge >= 0.3 is 0 Å². The Morgan fingerprint density at radius 1 is 1.33 bits per heavy atom. The van der Waals surface area contributed by atoms with Crippen LogP contribution in [0, 0.1) is 0 Å². The van der Waals surface area contributed by atoms with Gasteiger partial charge in [-0.2, -0.15) is 0 Å². The normalized spacial score (nSPS) is 20.0. The van der Waals surface area contributed by atoms with Crippen molar-refractivity contribution in [1.29, 1.82) is 0 Å². The van der Waals surface area contributed by atoms with Crippen LogP contribution in [0.2, 0.25) is 0 Å². The number of nitrogens with zero attached hydrogens (tertiary/aromatic N) is 1. The van der Waals surface area contributed by atoms with Crippen molar-refractivity contribution in [3.05, 3.63) is 35.9 Å². The van der Waals surface area contributed by atoms with Gasteiger partial charge in [-0.05, 0) is 12.5 Å². The first kappa shape index (κ1) is 16.0. The molecule has 1 aromatic rings. The highest BCUT2D eigenvalue weighted by Crippen LogP contribution is 2.18. The van der Waals surface area contributed by atoms with Crippen LogP contribution in [0.15, 0.2) is 30.3 Å². The van der Waals surface area contributed by atoms with Crippen molar-refractivity contribution in [2.75, 3.05) is 47.1 Å². The lowest BCUT2D eigenvalue weighted by Crippen LogP contribution is -2.42. The minimum Gasteiger partial charge on any atom is -0.496 e. The number of para-hydroxylation sites is 1. The van der Waals surface area contributed by atoms with Crippen molar-refractivity contribution in [2.24, 2.45) is 0 Å². The molecule has 116 valence electrons. The second kappa shape index (κ2) is 8.82. The Labute approximate surface area is 127 Å². The van der Waals surface area contributed by atoms with Crippen LogP contribution in [0.3, 0.4) is 0 Å². The fourth-order valence-corrected chi connectivity index (χ4v) is 2.50. The Kier molecular flexibility index (Phi) is 6.73. The summed E-state index contributed by atoms with van der Waals surface area (Å²) in [6.45, 7) is 4.46. The molecule has 1 fully saturated rings. The molecule has 4 nitrogen and oxygen atoms in total. The van der Waals surface area contributed by atoms with Gasteiger partial charge in [0, 0.05) is 38.9 Å². The highest BCUT2D eigenvalue weighted by molar-refractivity contribution is 5.57. The summed E-state index contributed by atoms with van der Waals surface area (Å²) >= 11 is 0. The van der Waals surface area contributed by atoms with Gasteiger partial charge < -0.3 is 14.2 Å². The Hall–Kier alpha value is -1.36. The monoisotopic (exact) mass is 291 g/mol. The van der Waals surface area contributed by atoms with Gasteiger partial charge in [0.2, 0.25) is 0 Å². The third kappa shape index (κ3) is 5.16. The Bertz CT molecular complexity index is 447. The Morgan fingerprint density at radius 2 is 2.19 bits per heavy atom. The van der Waals surface area contributed by atoms with Crippen molar-refractivity contribution in [3.63, 3.8) is 0 Å². The third-order valence-corrected chi connectivity index (χ3v) is 3.67. The summed E-state index contributed by atoms with van der Waals surface area (Å²) < 4.78 is 16.2. The number of methoxy groups -OCH3 is 2. The minimum atomic E-state index is 0.290. The number of hydrogen-bond acceptors (Lipinski definition) is 4. The van der Waals surface area contributed by atoms with Crippen molar-refractivity contribution in [3.8, 4) is 5.75 Å². The highest BCUT2D eigenvalue weighted by Gasteiger charge is 2.18. The summed E-state index contributed by atoms with van der Waals surface area (Å²) in [7, 11) is 3.44. The predicted octanol–water partition coefficient (Wildman–Crippen LogP) is 2.45. The molecule has 2 rings (SSSR count). The molecule has 0 N–H and O–H groups in total. The van der Waals surface area contributed by atoms with Crippen LogP contribution in [0.25, 0.3) is 6.08 Å². The maximum atomic E-state index is 5.75. The van der Waals surface area contributed by atoms with E-state index >= 15 is 0 Å². The Morgan fingerprint density at radius 3 is 3.00 bits per heavy atom. The average molecular weight is 291 g/mol. The van der Waals surface area contributed by atoms with Gasteiger partial charge in [-0.25, -0.2) is 0 Å². The van der Waals surface area contributed by atoms with Crippen LogP contribution in [0.4, 0.5) is 0 Å². The predicted molar refractivity (Wildman–Crippen MR) is 84.7 cm³/mol. The highest BCUT2D eigenvalue weighted by atomic mass is 16.5. The molecule has 4 heteroatoms. The number of rotatable bonds is 7. The largest absolute Gasteiger partial charge is 0.496 e. The summed E-state index contributed by atoms with van der Waals surface area (Å²) in [4.78, 5) is 2.41. The maximum absolute atomic E-state index is 5.75. The smallest absolute Gasteiger partial charge is 0.126 e. The lowest BCUT2D eigenvalue weighted by atomic mass is 10.1. The lowest BCUT2D eigenvalue weighted by molar-refractivity contribution is -0.0371. The van der Waals surface area contributed by atoms with Crippen molar-refractivity contribution < 1.29 is 14.2 Å².